The Kier molecular flexibility index (Phi) is 12.2. The summed E-state index contributed by atoms with van der Waals surface area (Å²) in [6.07, 6.45) is 1.99. The van der Waals surface area contributed by atoms with Crippen LogP contribution in [0.2, 0.25) is 0 Å². The lowest BCUT2D eigenvalue weighted by Crippen LogP contribution is -1.94. The summed E-state index contributed by atoms with van der Waals surface area (Å²) in [5, 5.41) is 1.01. The molecular formula is C12H22S5. The second-order valence-corrected chi connectivity index (χ2v) is 9.70. The molecule has 100 valence electrons. The molecule has 1 fully saturated rings. The maximum absolute atomic E-state index is 3.72. The molecule has 0 aromatic rings. The van der Waals surface area contributed by atoms with E-state index in [1.807, 2.05) is 17.8 Å². The number of hydrogen-bond acceptors (Lipinski definition) is 5. The van der Waals surface area contributed by atoms with E-state index in [1.54, 1.807) is 0 Å². The van der Waals surface area contributed by atoms with Gasteiger partial charge in [-0.25, -0.2) is 0 Å². The van der Waals surface area contributed by atoms with Gasteiger partial charge in [0, 0.05) is 57.0 Å². The predicted molar refractivity (Wildman–Crippen MR) is 95.7 cm³/mol. The van der Waals surface area contributed by atoms with Crippen molar-refractivity contribution in [2.24, 2.45) is 0 Å². The van der Waals surface area contributed by atoms with Crippen LogP contribution in [0.25, 0.3) is 0 Å². The van der Waals surface area contributed by atoms with Crippen LogP contribution >= 0.6 is 58.8 Å². The SMILES string of the molecule is C=CCSCCSCCSCCSCC1CS1. The van der Waals surface area contributed by atoms with E-state index in [1.165, 1.54) is 46.0 Å². The quantitative estimate of drug-likeness (QED) is 0.281. The average Bonchev–Trinajstić information content (AvgIpc) is 3.15. The van der Waals surface area contributed by atoms with Gasteiger partial charge in [0.2, 0.25) is 0 Å². The molecule has 0 saturated carbocycles. The Morgan fingerprint density at radius 1 is 0.941 bits per heavy atom. The van der Waals surface area contributed by atoms with Crippen molar-refractivity contribution < 1.29 is 0 Å². The fraction of sp³-hybridized carbons (Fsp3) is 0.833. The van der Waals surface area contributed by atoms with Crippen molar-refractivity contribution in [2.75, 3.05) is 51.8 Å². The minimum Gasteiger partial charge on any atom is -0.160 e. The third-order valence-corrected chi connectivity index (χ3v) is 8.08. The Bertz CT molecular complexity index is 182. The van der Waals surface area contributed by atoms with Gasteiger partial charge in [-0.2, -0.15) is 58.8 Å². The van der Waals surface area contributed by atoms with Gasteiger partial charge in [0.15, 0.2) is 0 Å². The van der Waals surface area contributed by atoms with E-state index in [4.69, 9.17) is 0 Å². The van der Waals surface area contributed by atoms with Crippen LogP contribution in [-0.2, 0) is 0 Å². The highest BCUT2D eigenvalue weighted by atomic mass is 32.2. The largest absolute Gasteiger partial charge is 0.160 e. The van der Waals surface area contributed by atoms with Gasteiger partial charge in [0.05, 0.1) is 0 Å². The van der Waals surface area contributed by atoms with E-state index in [9.17, 15) is 0 Å². The van der Waals surface area contributed by atoms with Crippen molar-refractivity contribution in [3.63, 3.8) is 0 Å². The first-order chi connectivity index (χ1) is 8.43. The Hall–Kier alpha value is 1.49. The van der Waals surface area contributed by atoms with Crippen molar-refractivity contribution in [1.82, 2.24) is 0 Å². The zero-order valence-electron chi connectivity index (χ0n) is 10.3. The zero-order valence-corrected chi connectivity index (χ0v) is 14.3. The molecule has 1 saturated heterocycles. The minimum atomic E-state index is 1.01. The van der Waals surface area contributed by atoms with Crippen molar-refractivity contribution in [3.05, 3.63) is 12.7 Å². The van der Waals surface area contributed by atoms with Gasteiger partial charge in [-0.15, -0.1) is 6.58 Å². The Morgan fingerprint density at radius 2 is 1.47 bits per heavy atom. The van der Waals surface area contributed by atoms with Crippen molar-refractivity contribution in [1.29, 1.82) is 0 Å². The second-order valence-electron chi connectivity index (χ2n) is 3.62. The van der Waals surface area contributed by atoms with Crippen LogP contribution < -0.4 is 0 Å². The van der Waals surface area contributed by atoms with Gasteiger partial charge in [-0.3, -0.25) is 0 Å². The summed E-state index contributed by atoms with van der Waals surface area (Å²) in [6.45, 7) is 3.72. The molecule has 0 amide bonds. The molecule has 0 aromatic heterocycles. The Morgan fingerprint density at radius 3 is 2.00 bits per heavy atom. The fourth-order valence-corrected chi connectivity index (χ4v) is 6.30. The topological polar surface area (TPSA) is 0 Å². The first-order valence-corrected chi connectivity index (χ1v) is 11.6. The molecule has 0 aliphatic carbocycles. The maximum Gasteiger partial charge on any atom is 0.0229 e. The third kappa shape index (κ3) is 12.3. The molecule has 0 spiro atoms. The highest BCUT2D eigenvalue weighted by molar-refractivity contribution is 8.09. The molecule has 0 radical (unpaired) electrons. The van der Waals surface area contributed by atoms with Crippen LogP contribution in [0.4, 0.5) is 0 Å². The summed E-state index contributed by atoms with van der Waals surface area (Å²) >= 11 is 10.5. The van der Waals surface area contributed by atoms with Gasteiger partial charge in [0.1, 0.15) is 0 Å². The molecule has 1 aliphatic heterocycles. The summed E-state index contributed by atoms with van der Waals surface area (Å²) in [5.41, 5.74) is 0. The second kappa shape index (κ2) is 12.5. The highest BCUT2D eigenvalue weighted by Gasteiger charge is 2.21. The first-order valence-electron chi connectivity index (χ1n) is 5.97. The van der Waals surface area contributed by atoms with Crippen LogP contribution in [-0.4, -0.2) is 57.0 Å². The summed E-state index contributed by atoms with van der Waals surface area (Å²) in [7, 11) is 0. The van der Waals surface area contributed by atoms with Crippen molar-refractivity contribution in [3.8, 4) is 0 Å². The van der Waals surface area contributed by atoms with E-state index in [0.717, 1.165) is 11.0 Å². The molecule has 0 nitrogen and oxygen atoms in total. The monoisotopic (exact) mass is 326 g/mol. The summed E-state index contributed by atoms with van der Waals surface area (Å²) in [6, 6.07) is 0. The first kappa shape index (κ1) is 16.5. The molecule has 1 unspecified atom stereocenters. The zero-order chi connectivity index (χ0) is 12.2. The molecular weight excluding hydrogens is 304 g/mol. The molecule has 5 heteroatoms. The number of rotatable bonds is 13. The lowest BCUT2D eigenvalue weighted by atomic mass is 10.6. The van der Waals surface area contributed by atoms with E-state index < -0.39 is 0 Å². The van der Waals surface area contributed by atoms with Crippen LogP contribution in [0.15, 0.2) is 12.7 Å². The van der Waals surface area contributed by atoms with Crippen molar-refractivity contribution in [2.45, 2.75) is 5.25 Å². The van der Waals surface area contributed by atoms with Crippen LogP contribution in [0.1, 0.15) is 0 Å². The van der Waals surface area contributed by atoms with Crippen LogP contribution in [0, 0.1) is 0 Å². The normalized spacial score (nSPS) is 18.2. The highest BCUT2D eigenvalue weighted by Crippen LogP contribution is 2.32. The number of hydrogen-bond donors (Lipinski definition) is 0. The molecule has 0 bridgehead atoms. The smallest absolute Gasteiger partial charge is 0.0229 e. The summed E-state index contributed by atoms with van der Waals surface area (Å²) < 4.78 is 0. The maximum atomic E-state index is 3.72. The van der Waals surface area contributed by atoms with Crippen LogP contribution in [0.3, 0.4) is 0 Å². The van der Waals surface area contributed by atoms with Gasteiger partial charge in [0.25, 0.3) is 0 Å². The van der Waals surface area contributed by atoms with Crippen LogP contribution in [0.5, 0.6) is 0 Å². The lowest BCUT2D eigenvalue weighted by Gasteiger charge is -2.02. The molecule has 17 heavy (non-hydrogen) atoms. The Labute approximate surface area is 128 Å². The fourth-order valence-electron chi connectivity index (χ4n) is 1.10. The van der Waals surface area contributed by atoms with E-state index in [0.29, 0.717) is 0 Å². The van der Waals surface area contributed by atoms with Crippen molar-refractivity contribution >= 4 is 58.8 Å². The van der Waals surface area contributed by atoms with E-state index in [-0.39, 0.29) is 0 Å². The molecule has 1 rings (SSSR count). The molecule has 1 aliphatic rings. The molecule has 0 aromatic carbocycles. The average molecular weight is 327 g/mol. The van der Waals surface area contributed by atoms with E-state index in [2.05, 4.69) is 53.6 Å². The number of thioether (sulfide) groups is 5. The van der Waals surface area contributed by atoms with Gasteiger partial charge >= 0.3 is 0 Å². The molecule has 1 atom stereocenters. The standard InChI is InChI=1S/C12H22S5/c1-2-3-13-4-5-14-6-7-15-8-9-16-10-12-11-17-12/h2,12H,1,3-11H2. The minimum absolute atomic E-state index is 1.01. The van der Waals surface area contributed by atoms with Gasteiger partial charge < -0.3 is 0 Å². The summed E-state index contributed by atoms with van der Waals surface area (Å²) in [4.78, 5) is 0. The Balaban J connectivity index is 1.62. The predicted octanol–water partition coefficient (Wildman–Crippen LogP) is 4.22. The lowest BCUT2D eigenvalue weighted by molar-refractivity contribution is 1.26. The van der Waals surface area contributed by atoms with E-state index >= 15 is 0 Å². The third-order valence-electron chi connectivity index (χ3n) is 2.06. The summed E-state index contributed by atoms with van der Waals surface area (Å²) in [5.74, 6) is 11.8. The van der Waals surface area contributed by atoms with Gasteiger partial charge in [-0.1, -0.05) is 6.08 Å². The van der Waals surface area contributed by atoms with Gasteiger partial charge in [-0.05, 0) is 0 Å². The molecule has 1 heterocycles. The molecule has 0 N–H and O–H groups in total.